The van der Waals surface area contributed by atoms with Crippen molar-refractivity contribution in [3.63, 3.8) is 0 Å². The summed E-state index contributed by atoms with van der Waals surface area (Å²) in [5, 5.41) is 12.8. The van der Waals surface area contributed by atoms with E-state index in [1.54, 1.807) is 6.08 Å². The van der Waals surface area contributed by atoms with Crippen molar-refractivity contribution < 1.29 is 19.5 Å². The summed E-state index contributed by atoms with van der Waals surface area (Å²) in [4.78, 5) is 39.9. The average Bonchev–Trinajstić information content (AvgIpc) is 3.06. The molecular formula is C18H23N3O4. The van der Waals surface area contributed by atoms with Gasteiger partial charge < -0.3 is 15.3 Å². The van der Waals surface area contributed by atoms with Crippen LogP contribution in [0.1, 0.15) is 26.7 Å². The minimum Gasteiger partial charge on any atom is -0.477 e. The SMILES string of the molecule is CC(C)CN1CC/C(=C\C2=C(C(=O)O)N3C(=O)[C@H]4NCCC2[C@H]43)C1=O. The first-order valence-corrected chi connectivity index (χ1v) is 8.94. The quantitative estimate of drug-likeness (QED) is 0.567. The molecule has 4 heterocycles. The van der Waals surface area contributed by atoms with Gasteiger partial charge in [0.25, 0.3) is 0 Å². The number of β-lactam (4-membered cyclic amide) rings is 1. The van der Waals surface area contributed by atoms with E-state index in [0.717, 1.165) is 6.42 Å². The zero-order chi connectivity index (χ0) is 17.9. The summed E-state index contributed by atoms with van der Waals surface area (Å²) in [6.45, 7) is 6.23. The first kappa shape index (κ1) is 16.3. The van der Waals surface area contributed by atoms with Crippen LogP contribution in [0.2, 0.25) is 0 Å². The Morgan fingerprint density at radius 2 is 2.16 bits per heavy atom. The van der Waals surface area contributed by atoms with E-state index >= 15 is 0 Å². The molecule has 0 radical (unpaired) electrons. The van der Waals surface area contributed by atoms with E-state index < -0.39 is 5.97 Å². The van der Waals surface area contributed by atoms with Gasteiger partial charge in [0.15, 0.2) is 0 Å². The van der Waals surface area contributed by atoms with Gasteiger partial charge in [0.05, 0.1) is 6.04 Å². The molecule has 2 N–H and O–H groups in total. The van der Waals surface area contributed by atoms with Gasteiger partial charge in [-0.2, -0.15) is 0 Å². The van der Waals surface area contributed by atoms with Gasteiger partial charge in [-0.05, 0) is 37.0 Å². The highest BCUT2D eigenvalue weighted by molar-refractivity contribution is 6.03. The van der Waals surface area contributed by atoms with Crippen LogP contribution < -0.4 is 5.32 Å². The molecule has 7 nitrogen and oxygen atoms in total. The number of hydrogen-bond acceptors (Lipinski definition) is 4. The number of amides is 2. The molecule has 25 heavy (non-hydrogen) atoms. The molecule has 7 heteroatoms. The van der Waals surface area contributed by atoms with E-state index in [0.29, 0.717) is 43.1 Å². The number of rotatable bonds is 4. The normalized spacial score (nSPS) is 32.8. The van der Waals surface area contributed by atoms with Crippen LogP contribution in [0, 0.1) is 11.8 Å². The maximum atomic E-state index is 12.6. The van der Waals surface area contributed by atoms with Crippen molar-refractivity contribution in [3.8, 4) is 0 Å². The molecule has 4 aliphatic rings. The van der Waals surface area contributed by atoms with Gasteiger partial charge in [0.2, 0.25) is 11.8 Å². The van der Waals surface area contributed by atoms with E-state index in [4.69, 9.17) is 0 Å². The second-order valence-electron chi connectivity index (χ2n) is 7.70. The van der Waals surface area contributed by atoms with Crippen LogP contribution in [0.5, 0.6) is 0 Å². The highest BCUT2D eigenvalue weighted by Crippen LogP contribution is 2.47. The molecule has 3 saturated heterocycles. The molecule has 134 valence electrons. The Bertz CT molecular complexity index is 724. The average molecular weight is 345 g/mol. The van der Waals surface area contributed by atoms with E-state index in [9.17, 15) is 19.5 Å². The van der Waals surface area contributed by atoms with Gasteiger partial charge in [-0.1, -0.05) is 13.8 Å². The molecule has 4 aliphatic heterocycles. The minimum absolute atomic E-state index is 0.00278. The Labute approximate surface area is 146 Å². The maximum Gasteiger partial charge on any atom is 0.352 e. The van der Waals surface area contributed by atoms with Gasteiger partial charge in [-0.3, -0.25) is 14.5 Å². The van der Waals surface area contributed by atoms with Crippen LogP contribution in [-0.2, 0) is 14.4 Å². The number of piperidine rings is 1. The van der Waals surface area contributed by atoms with E-state index in [2.05, 4.69) is 19.2 Å². The highest BCUT2D eigenvalue weighted by Gasteiger charge is 2.60. The number of likely N-dealkylation sites (tertiary alicyclic amines) is 1. The number of hydrogen-bond donors (Lipinski definition) is 2. The standard InChI is InChI=1S/C18H23N3O4/c1-9(2)8-20-6-4-10(16(20)22)7-12-11-3-5-19-13-14(11)21(17(13)23)15(12)18(24)25/h7,9,11,13-14,19H,3-6,8H2,1-2H3,(H,24,25)/b10-7+/t11?,13-,14+/m0/s1. The largest absolute Gasteiger partial charge is 0.477 e. The van der Waals surface area contributed by atoms with Crippen molar-refractivity contribution in [3.05, 3.63) is 22.9 Å². The van der Waals surface area contributed by atoms with Gasteiger partial charge in [-0.25, -0.2) is 4.79 Å². The molecule has 0 saturated carbocycles. The van der Waals surface area contributed by atoms with E-state index in [1.807, 2.05) is 4.90 Å². The molecule has 0 aromatic carbocycles. The van der Waals surface area contributed by atoms with Gasteiger partial charge in [-0.15, -0.1) is 0 Å². The van der Waals surface area contributed by atoms with Crippen LogP contribution in [0.3, 0.4) is 0 Å². The molecular weight excluding hydrogens is 322 g/mol. The topological polar surface area (TPSA) is 90.0 Å². The van der Waals surface area contributed by atoms with Crippen molar-refractivity contribution >= 4 is 17.8 Å². The van der Waals surface area contributed by atoms with Gasteiger partial charge in [0.1, 0.15) is 11.7 Å². The molecule has 0 bridgehead atoms. The first-order chi connectivity index (χ1) is 11.9. The Hall–Kier alpha value is -2.15. The second-order valence-corrected chi connectivity index (χ2v) is 7.70. The fourth-order valence-corrected chi connectivity index (χ4v) is 4.61. The van der Waals surface area contributed by atoms with Crippen molar-refractivity contribution in [1.82, 2.24) is 15.1 Å². The highest BCUT2D eigenvalue weighted by atomic mass is 16.4. The van der Waals surface area contributed by atoms with Gasteiger partial charge >= 0.3 is 5.97 Å². The van der Waals surface area contributed by atoms with E-state index in [1.165, 1.54) is 4.90 Å². The number of nitrogens with zero attached hydrogens (tertiary/aromatic N) is 2. The van der Waals surface area contributed by atoms with Crippen LogP contribution in [0.25, 0.3) is 0 Å². The third kappa shape index (κ3) is 2.33. The number of carboxylic acid groups (broad SMARTS) is 1. The lowest BCUT2D eigenvalue weighted by Gasteiger charge is -2.48. The monoisotopic (exact) mass is 345 g/mol. The van der Waals surface area contributed by atoms with E-state index in [-0.39, 0.29) is 35.5 Å². The van der Waals surface area contributed by atoms with Crippen molar-refractivity contribution in [2.75, 3.05) is 19.6 Å². The van der Waals surface area contributed by atoms with Crippen LogP contribution in [0.15, 0.2) is 22.9 Å². The smallest absolute Gasteiger partial charge is 0.352 e. The lowest BCUT2D eigenvalue weighted by Crippen LogP contribution is -2.71. The first-order valence-electron chi connectivity index (χ1n) is 8.94. The van der Waals surface area contributed by atoms with Gasteiger partial charge in [0, 0.05) is 24.6 Å². The summed E-state index contributed by atoms with van der Waals surface area (Å²) in [6, 6.07) is -0.386. The second kappa shape index (κ2) is 5.69. The molecule has 4 rings (SSSR count). The summed E-state index contributed by atoms with van der Waals surface area (Å²) in [5.41, 5.74) is 1.39. The summed E-state index contributed by atoms with van der Waals surface area (Å²) < 4.78 is 0. The lowest BCUT2D eigenvalue weighted by molar-refractivity contribution is -0.154. The molecule has 1 unspecified atom stereocenters. The summed E-state index contributed by atoms with van der Waals surface area (Å²) >= 11 is 0. The molecule has 0 spiro atoms. The Morgan fingerprint density at radius 1 is 1.40 bits per heavy atom. The predicted molar refractivity (Wildman–Crippen MR) is 89.3 cm³/mol. The molecule has 3 atom stereocenters. The predicted octanol–water partition coefficient (Wildman–Crippen LogP) is 0.342. The van der Waals surface area contributed by atoms with Crippen LogP contribution in [0.4, 0.5) is 0 Å². The molecule has 3 fully saturated rings. The third-order valence-corrected chi connectivity index (χ3v) is 5.62. The number of carboxylic acids is 1. The number of allylic oxidation sites excluding steroid dienone is 1. The zero-order valence-corrected chi connectivity index (χ0v) is 14.5. The Kier molecular flexibility index (Phi) is 3.72. The Morgan fingerprint density at radius 3 is 2.84 bits per heavy atom. The van der Waals surface area contributed by atoms with Crippen molar-refractivity contribution in [2.24, 2.45) is 11.8 Å². The maximum absolute atomic E-state index is 12.6. The summed E-state index contributed by atoms with van der Waals surface area (Å²) in [6.07, 6.45) is 3.18. The number of carbonyl (C=O) groups excluding carboxylic acids is 2. The Balaban J connectivity index is 1.68. The fraction of sp³-hybridized carbons (Fsp3) is 0.611. The summed E-state index contributed by atoms with van der Waals surface area (Å²) in [7, 11) is 0. The lowest BCUT2D eigenvalue weighted by atomic mass is 9.79. The third-order valence-electron chi connectivity index (χ3n) is 5.62. The number of nitrogens with one attached hydrogen (secondary N) is 1. The molecule has 0 aromatic rings. The molecule has 2 amide bonds. The molecule has 0 aliphatic carbocycles. The number of carbonyl (C=O) groups is 3. The van der Waals surface area contributed by atoms with Crippen LogP contribution >= 0.6 is 0 Å². The van der Waals surface area contributed by atoms with Crippen molar-refractivity contribution in [2.45, 2.75) is 38.8 Å². The van der Waals surface area contributed by atoms with Crippen LogP contribution in [-0.4, -0.2) is 64.4 Å². The molecule has 0 aromatic heterocycles. The minimum atomic E-state index is -1.09. The number of aliphatic carboxylic acids is 1. The zero-order valence-electron chi connectivity index (χ0n) is 14.5. The fourth-order valence-electron chi connectivity index (χ4n) is 4.61. The van der Waals surface area contributed by atoms with Crippen molar-refractivity contribution in [1.29, 1.82) is 0 Å². The summed E-state index contributed by atoms with van der Waals surface area (Å²) in [5.74, 6) is -0.850.